The second kappa shape index (κ2) is 13.1. The van der Waals surface area contributed by atoms with Crippen LogP contribution >= 0.6 is 0 Å². The third kappa shape index (κ3) is 6.37. The van der Waals surface area contributed by atoms with Crippen molar-refractivity contribution in [3.63, 3.8) is 0 Å². The lowest BCUT2D eigenvalue weighted by Gasteiger charge is -2.27. The minimum atomic E-state index is -0.787. The van der Waals surface area contributed by atoms with Gasteiger partial charge < -0.3 is 29.1 Å². The fourth-order valence-electron chi connectivity index (χ4n) is 4.33. The van der Waals surface area contributed by atoms with E-state index in [1.165, 1.54) is 4.90 Å². The molecular formula is C30H38N2O6. The van der Waals surface area contributed by atoms with E-state index < -0.39 is 17.7 Å². The van der Waals surface area contributed by atoms with E-state index >= 15 is 0 Å². The summed E-state index contributed by atoms with van der Waals surface area (Å²) in [6, 6.07) is 9.73. The number of amides is 1. The molecule has 1 amide bonds. The Hall–Kier alpha value is -3.78. The highest BCUT2D eigenvalue weighted by atomic mass is 16.5. The second-order valence-corrected chi connectivity index (χ2v) is 9.49. The molecule has 8 nitrogen and oxygen atoms in total. The predicted octanol–water partition coefficient (Wildman–Crippen LogP) is 4.73. The standard InChI is InChI=1S/C30H38N2O6/c1-7-9-17-38-24-13-10-21(19-25(24)36-6)27-26(29(34)30(35)32(27)15-14-31(4)5)28(33)22-11-12-23(20(3)18-22)37-16-8-2/h8,10-13,18-19,27,33H,2,7,9,14-17H2,1,3-6H3. The highest BCUT2D eigenvalue weighted by Gasteiger charge is 2.46. The van der Waals surface area contributed by atoms with Gasteiger partial charge in [0.25, 0.3) is 11.7 Å². The van der Waals surface area contributed by atoms with Crippen molar-refractivity contribution >= 4 is 17.4 Å². The Bertz CT molecular complexity index is 1200. The van der Waals surface area contributed by atoms with E-state index in [-0.39, 0.29) is 11.3 Å². The van der Waals surface area contributed by atoms with Gasteiger partial charge in [0.1, 0.15) is 18.1 Å². The maximum atomic E-state index is 13.3. The molecule has 0 saturated carbocycles. The van der Waals surface area contributed by atoms with E-state index in [1.807, 2.05) is 32.0 Å². The number of ether oxygens (including phenoxy) is 3. The van der Waals surface area contributed by atoms with Crippen LogP contribution in [0.3, 0.4) is 0 Å². The summed E-state index contributed by atoms with van der Waals surface area (Å²) in [5.41, 5.74) is 1.89. The zero-order valence-corrected chi connectivity index (χ0v) is 23.0. The summed E-state index contributed by atoms with van der Waals surface area (Å²) in [5, 5.41) is 11.4. The number of hydrogen-bond donors (Lipinski definition) is 1. The largest absolute Gasteiger partial charge is 0.507 e. The van der Waals surface area contributed by atoms with E-state index in [1.54, 1.807) is 43.5 Å². The number of ketones is 1. The number of unbranched alkanes of at least 4 members (excludes halogenated alkanes) is 1. The number of hydrogen-bond acceptors (Lipinski definition) is 7. The zero-order chi connectivity index (χ0) is 27.8. The number of benzene rings is 2. The molecule has 2 aromatic carbocycles. The van der Waals surface area contributed by atoms with Crippen molar-refractivity contribution in [1.29, 1.82) is 0 Å². The molecule has 0 bridgehead atoms. The van der Waals surface area contributed by atoms with Gasteiger partial charge in [0.15, 0.2) is 11.5 Å². The van der Waals surface area contributed by atoms with Crippen LogP contribution in [0.5, 0.6) is 17.2 Å². The van der Waals surface area contributed by atoms with Crippen molar-refractivity contribution in [1.82, 2.24) is 9.80 Å². The zero-order valence-electron chi connectivity index (χ0n) is 23.0. The van der Waals surface area contributed by atoms with Crippen LogP contribution in [0, 0.1) is 6.92 Å². The van der Waals surface area contributed by atoms with Gasteiger partial charge in [0.05, 0.1) is 25.3 Å². The van der Waals surface area contributed by atoms with Gasteiger partial charge in [-0.15, -0.1) is 0 Å². The van der Waals surface area contributed by atoms with Crippen molar-refractivity contribution < 1.29 is 28.9 Å². The molecule has 1 N–H and O–H groups in total. The van der Waals surface area contributed by atoms with Crippen LogP contribution in [-0.4, -0.2) is 74.1 Å². The summed E-state index contributed by atoms with van der Waals surface area (Å²) in [6.07, 6.45) is 3.56. The molecule has 1 atom stereocenters. The van der Waals surface area contributed by atoms with Crippen molar-refractivity contribution in [2.75, 3.05) is 47.5 Å². The number of aliphatic hydroxyl groups excluding tert-OH is 1. The first-order chi connectivity index (χ1) is 18.2. The molecule has 3 rings (SSSR count). The normalized spacial score (nSPS) is 16.7. The SMILES string of the molecule is C=CCOc1ccc(C(O)=C2C(=O)C(=O)N(CCN(C)C)C2c2ccc(OCCCC)c(OC)c2)cc1C. The van der Waals surface area contributed by atoms with Gasteiger partial charge in [-0.3, -0.25) is 9.59 Å². The summed E-state index contributed by atoms with van der Waals surface area (Å²) in [7, 11) is 5.35. The van der Waals surface area contributed by atoms with Crippen LogP contribution in [0.4, 0.5) is 0 Å². The quantitative estimate of drug-likeness (QED) is 0.134. The van der Waals surface area contributed by atoms with Gasteiger partial charge in [-0.25, -0.2) is 0 Å². The highest BCUT2D eigenvalue weighted by Crippen LogP contribution is 2.42. The number of nitrogens with zero attached hydrogens (tertiary/aromatic N) is 2. The summed E-state index contributed by atoms with van der Waals surface area (Å²) >= 11 is 0. The van der Waals surface area contributed by atoms with E-state index in [0.29, 0.717) is 54.7 Å². The van der Waals surface area contributed by atoms with E-state index in [2.05, 4.69) is 13.5 Å². The molecule has 0 aromatic heterocycles. The van der Waals surface area contributed by atoms with Crippen LogP contribution in [0.15, 0.2) is 54.6 Å². The van der Waals surface area contributed by atoms with Gasteiger partial charge in [0, 0.05) is 18.7 Å². The second-order valence-electron chi connectivity index (χ2n) is 9.49. The predicted molar refractivity (Wildman–Crippen MR) is 148 cm³/mol. The number of likely N-dealkylation sites (N-methyl/N-ethyl adjacent to an activating group) is 1. The first-order valence-electron chi connectivity index (χ1n) is 12.8. The monoisotopic (exact) mass is 522 g/mol. The lowest BCUT2D eigenvalue weighted by atomic mass is 9.94. The average molecular weight is 523 g/mol. The molecule has 0 radical (unpaired) electrons. The third-order valence-electron chi connectivity index (χ3n) is 6.39. The molecule has 204 valence electrons. The van der Waals surface area contributed by atoms with Crippen LogP contribution in [0.2, 0.25) is 0 Å². The van der Waals surface area contributed by atoms with Gasteiger partial charge in [-0.1, -0.05) is 32.1 Å². The fraction of sp³-hybridized carbons (Fsp3) is 0.400. The fourth-order valence-corrected chi connectivity index (χ4v) is 4.33. The lowest BCUT2D eigenvalue weighted by molar-refractivity contribution is -0.140. The molecule has 2 aromatic rings. The summed E-state index contributed by atoms with van der Waals surface area (Å²) < 4.78 is 17.1. The number of Topliss-reactive ketones (excluding diaryl/α,β-unsaturated/α-hetero) is 1. The molecule has 1 unspecified atom stereocenters. The molecule has 38 heavy (non-hydrogen) atoms. The van der Waals surface area contributed by atoms with Crippen LogP contribution < -0.4 is 14.2 Å². The van der Waals surface area contributed by atoms with E-state index in [9.17, 15) is 14.7 Å². The van der Waals surface area contributed by atoms with Crippen molar-refractivity contribution in [2.45, 2.75) is 32.7 Å². The maximum Gasteiger partial charge on any atom is 0.295 e. The topological polar surface area (TPSA) is 88.5 Å². The number of aryl methyl sites for hydroxylation is 1. The molecule has 1 fully saturated rings. The first kappa shape index (κ1) is 28.8. The lowest BCUT2D eigenvalue weighted by Crippen LogP contribution is -2.35. The Morgan fingerprint density at radius 1 is 1.11 bits per heavy atom. The Morgan fingerprint density at radius 2 is 1.84 bits per heavy atom. The summed E-state index contributed by atoms with van der Waals surface area (Å²) in [5.74, 6) is 0.118. The smallest absolute Gasteiger partial charge is 0.295 e. The number of aliphatic hydroxyl groups is 1. The summed E-state index contributed by atoms with van der Waals surface area (Å²) in [4.78, 5) is 30.0. The number of carbonyl (C=O) groups is 2. The molecule has 1 aliphatic rings. The minimum Gasteiger partial charge on any atom is -0.507 e. The average Bonchev–Trinajstić information content (AvgIpc) is 3.15. The Morgan fingerprint density at radius 3 is 2.47 bits per heavy atom. The van der Waals surface area contributed by atoms with Crippen LogP contribution in [0.25, 0.3) is 5.76 Å². The summed E-state index contributed by atoms with van der Waals surface area (Å²) in [6.45, 7) is 9.36. The van der Waals surface area contributed by atoms with Gasteiger partial charge in [-0.2, -0.15) is 0 Å². The van der Waals surface area contributed by atoms with Crippen molar-refractivity contribution in [2.24, 2.45) is 0 Å². The van der Waals surface area contributed by atoms with Gasteiger partial charge >= 0.3 is 0 Å². The molecule has 0 aliphatic carbocycles. The maximum absolute atomic E-state index is 13.3. The molecule has 1 saturated heterocycles. The van der Waals surface area contributed by atoms with E-state index in [4.69, 9.17) is 14.2 Å². The number of methoxy groups -OCH3 is 1. The third-order valence-corrected chi connectivity index (χ3v) is 6.39. The van der Waals surface area contributed by atoms with Gasteiger partial charge in [0.2, 0.25) is 0 Å². The van der Waals surface area contributed by atoms with Crippen LogP contribution in [-0.2, 0) is 9.59 Å². The Labute approximate surface area is 225 Å². The van der Waals surface area contributed by atoms with Crippen LogP contribution in [0.1, 0.15) is 42.5 Å². The van der Waals surface area contributed by atoms with E-state index in [0.717, 1.165) is 18.4 Å². The van der Waals surface area contributed by atoms with Crippen molar-refractivity contribution in [3.05, 3.63) is 71.3 Å². The molecular weight excluding hydrogens is 484 g/mol. The first-order valence-corrected chi connectivity index (χ1v) is 12.8. The van der Waals surface area contributed by atoms with Gasteiger partial charge in [-0.05, 0) is 68.9 Å². The van der Waals surface area contributed by atoms with Crippen molar-refractivity contribution in [3.8, 4) is 17.2 Å². The Kier molecular flexibility index (Phi) is 9.96. The Balaban J connectivity index is 2.11. The molecule has 0 spiro atoms. The highest BCUT2D eigenvalue weighted by molar-refractivity contribution is 6.46. The minimum absolute atomic E-state index is 0.0367. The number of rotatable bonds is 13. The molecule has 1 heterocycles. The number of carbonyl (C=O) groups excluding carboxylic acids is 2. The molecule has 1 aliphatic heterocycles. The molecule has 8 heteroatoms. The number of likely N-dealkylation sites (tertiary alicyclic amines) is 1.